The van der Waals surface area contributed by atoms with Gasteiger partial charge in [-0.25, -0.2) is 0 Å². The first-order chi connectivity index (χ1) is 7.58. The summed E-state index contributed by atoms with van der Waals surface area (Å²) in [4.78, 5) is 24.2. The van der Waals surface area contributed by atoms with E-state index >= 15 is 0 Å². The Balaban J connectivity index is 2.23. The van der Waals surface area contributed by atoms with Crippen LogP contribution < -0.4 is 4.90 Å². The molecule has 84 valence electrons. The maximum Gasteiger partial charge on any atom is 0.227 e. The van der Waals surface area contributed by atoms with Crippen LogP contribution in [0.1, 0.15) is 6.42 Å². The normalized spacial score (nSPS) is 20.2. The summed E-state index contributed by atoms with van der Waals surface area (Å²) in [6.45, 7) is 0.335. The van der Waals surface area contributed by atoms with Gasteiger partial charge < -0.3 is 4.90 Å². The first-order valence-electron chi connectivity index (χ1n) is 4.83. The van der Waals surface area contributed by atoms with E-state index in [0.717, 1.165) is 0 Å². The smallest absolute Gasteiger partial charge is 0.227 e. The average molecular weight is 258 g/mol. The Morgan fingerprint density at radius 3 is 2.75 bits per heavy atom. The number of hydrogen-bond donors (Lipinski definition) is 0. The third kappa shape index (κ3) is 2.20. The molecule has 1 aromatic rings. The molecule has 16 heavy (non-hydrogen) atoms. The van der Waals surface area contributed by atoms with Gasteiger partial charge in [0.1, 0.15) is 0 Å². The topological polar surface area (TPSA) is 37.4 Å². The summed E-state index contributed by atoms with van der Waals surface area (Å²) in [5.41, 5.74) is 0.706. The molecule has 0 bridgehead atoms. The van der Waals surface area contributed by atoms with E-state index in [4.69, 9.17) is 23.2 Å². The number of halogens is 2. The van der Waals surface area contributed by atoms with Crippen molar-refractivity contribution in [2.45, 2.75) is 6.42 Å². The van der Waals surface area contributed by atoms with Crippen molar-refractivity contribution in [1.29, 1.82) is 0 Å². The van der Waals surface area contributed by atoms with Crippen molar-refractivity contribution in [2.75, 3.05) is 11.4 Å². The van der Waals surface area contributed by atoms with Crippen LogP contribution in [0.15, 0.2) is 24.3 Å². The van der Waals surface area contributed by atoms with Gasteiger partial charge in [-0.15, -0.1) is 0 Å². The van der Waals surface area contributed by atoms with Crippen LogP contribution in [-0.2, 0) is 9.59 Å². The largest absolute Gasteiger partial charge is 0.312 e. The first kappa shape index (κ1) is 11.4. The van der Waals surface area contributed by atoms with Crippen molar-refractivity contribution in [3.8, 4) is 0 Å². The third-order valence-corrected chi connectivity index (χ3v) is 3.11. The van der Waals surface area contributed by atoms with Crippen LogP contribution in [-0.4, -0.2) is 17.7 Å². The molecule has 2 rings (SSSR count). The van der Waals surface area contributed by atoms with Crippen molar-refractivity contribution in [3.63, 3.8) is 0 Å². The number of amides is 1. The standard InChI is InChI=1S/C11H9Cl2NO2/c12-8-2-1-3-9(5-8)14-6-7(11(13)16)4-10(14)15/h1-3,5,7H,4,6H2/t7-/m1/s1. The number of nitrogens with zero attached hydrogens (tertiary/aromatic N) is 1. The number of carbonyl (C=O) groups excluding carboxylic acids is 2. The lowest BCUT2D eigenvalue weighted by atomic mass is 10.1. The Kier molecular flexibility index (Phi) is 3.17. The molecule has 1 aliphatic heterocycles. The van der Waals surface area contributed by atoms with Crippen LogP contribution in [0.25, 0.3) is 0 Å². The van der Waals surface area contributed by atoms with Crippen LogP contribution in [0.2, 0.25) is 5.02 Å². The molecule has 0 aromatic heterocycles. The maximum atomic E-state index is 11.7. The molecule has 1 amide bonds. The molecule has 1 saturated heterocycles. The summed E-state index contributed by atoms with van der Waals surface area (Å²) in [6.07, 6.45) is 0.175. The maximum absolute atomic E-state index is 11.7. The van der Waals surface area contributed by atoms with E-state index in [2.05, 4.69) is 0 Å². The summed E-state index contributed by atoms with van der Waals surface area (Å²) < 4.78 is 0. The van der Waals surface area contributed by atoms with E-state index < -0.39 is 11.2 Å². The first-order valence-corrected chi connectivity index (χ1v) is 5.59. The molecule has 0 unspecified atom stereocenters. The van der Waals surface area contributed by atoms with E-state index in [1.807, 2.05) is 0 Å². The van der Waals surface area contributed by atoms with Crippen molar-refractivity contribution < 1.29 is 9.59 Å². The molecule has 1 atom stereocenters. The van der Waals surface area contributed by atoms with E-state index in [1.165, 1.54) is 4.90 Å². The van der Waals surface area contributed by atoms with Crippen LogP contribution in [0, 0.1) is 5.92 Å². The fourth-order valence-electron chi connectivity index (χ4n) is 1.75. The van der Waals surface area contributed by atoms with E-state index in [0.29, 0.717) is 17.3 Å². The quantitative estimate of drug-likeness (QED) is 0.764. The zero-order valence-electron chi connectivity index (χ0n) is 8.32. The summed E-state index contributed by atoms with van der Waals surface area (Å²) in [6, 6.07) is 6.97. The molecule has 0 N–H and O–H groups in total. The second-order valence-corrected chi connectivity index (χ2v) is 4.50. The van der Waals surface area contributed by atoms with Gasteiger partial charge in [-0.2, -0.15) is 0 Å². The van der Waals surface area contributed by atoms with Gasteiger partial charge in [-0.1, -0.05) is 17.7 Å². The zero-order chi connectivity index (χ0) is 11.7. The molecule has 1 fully saturated rings. The van der Waals surface area contributed by atoms with Gasteiger partial charge in [0.05, 0.1) is 5.92 Å². The highest BCUT2D eigenvalue weighted by Gasteiger charge is 2.34. The number of hydrogen-bond acceptors (Lipinski definition) is 2. The van der Waals surface area contributed by atoms with Gasteiger partial charge in [0.25, 0.3) is 0 Å². The summed E-state index contributed by atoms with van der Waals surface area (Å²) in [5.74, 6) is -0.505. The Hall–Kier alpha value is -1.06. The number of anilines is 1. The Labute approximate surface area is 103 Å². The highest BCUT2D eigenvalue weighted by Crippen LogP contribution is 2.27. The third-order valence-electron chi connectivity index (χ3n) is 2.57. The SMILES string of the molecule is O=C(Cl)[C@@H]1CC(=O)N(c2cccc(Cl)c2)C1. The Bertz CT molecular complexity index is 447. The van der Waals surface area contributed by atoms with E-state index in [-0.39, 0.29) is 12.3 Å². The lowest BCUT2D eigenvalue weighted by molar-refractivity contribution is -0.120. The van der Waals surface area contributed by atoms with Crippen molar-refractivity contribution in [2.24, 2.45) is 5.92 Å². The fourth-order valence-corrected chi connectivity index (χ4v) is 2.08. The monoisotopic (exact) mass is 257 g/mol. The van der Waals surface area contributed by atoms with Crippen LogP contribution in [0.5, 0.6) is 0 Å². The Morgan fingerprint density at radius 1 is 1.44 bits per heavy atom. The number of benzene rings is 1. The van der Waals surface area contributed by atoms with Gasteiger partial charge in [0, 0.05) is 23.7 Å². The van der Waals surface area contributed by atoms with Crippen LogP contribution in [0.3, 0.4) is 0 Å². The van der Waals surface area contributed by atoms with Crippen LogP contribution >= 0.6 is 23.2 Å². The Morgan fingerprint density at radius 2 is 2.19 bits per heavy atom. The minimum atomic E-state index is -0.460. The van der Waals surface area contributed by atoms with Gasteiger partial charge in [0.15, 0.2) is 0 Å². The molecule has 0 saturated carbocycles. The summed E-state index contributed by atoms with van der Waals surface area (Å²) in [7, 11) is 0. The average Bonchev–Trinajstić information content (AvgIpc) is 2.60. The van der Waals surface area contributed by atoms with E-state index in [9.17, 15) is 9.59 Å². The van der Waals surface area contributed by atoms with Gasteiger partial charge in [-0.05, 0) is 29.8 Å². The molecular weight excluding hydrogens is 249 g/mol. The molecule has 1 aromatic carbocycles. The highest BCUT2D eigenvalue weighted by molar-refractivity contribution is 6.64. The van der Waals surface area contributed by atoms with E-state index in [1.54, 1.807) is 24.3 Å². The minimum Gasteiger partial charge on any atom is -0.312 e. The lowest BCUT2D eigenvalue weighted by Crippen LogP contribution is -2.25. The second-order valence-electron chi connectivity index (χ2n) is 3.69. The van der Waals surface area contributed by atoms with Gasteiger partial charge >= 0.3 is 0 Å². The number of rotatable bonds is 2. The molecule has 1 aliphatic rings. The molecule has 0 spiro atoms. The van der Waals surface area contributed by atoms with Crippen molar-refractivity contribution in [3.05, 3.63) is 29.3 Å². The second kappa shape index (κ2) is 4.44. The highest BCUT2D eigenvalue weighted by atomic mass is 35.5. The lowest BCUT2D eigenvalue weighted by Gasteiger charge is -2.16. The molecule has 5 heteroatoms. The van der Waals surface area contributed by atoms with Crippen LogP contribution in [0.4, 0.5) is 5.69 Å². The number of carbonyl (C=O) groups is 2. The van der Waals surface area contributed by atoms with Crippen molar-refractivity contribution >= 4 is 40.0 Å². The molecule has 3 nitrogen and oxygen atoms in total. The zero-order valence-corrected chi connectivity index (χ0v) is 9.83. The fraction of sp³-hybridized carbons (Fsp3) is 0.273. The van der Waals surface area contributed by atoms with Gasteiger partial charge in [0.2, 0.25) is 11.1 Å². The summed E-state index contributed by atoms with van der Waals surface area (Å²) in [5, 5.41) is 0.101. The molecule has 0 aliphatic carbocycles. The molecular formula is C11H9Cl2NO2. The molecule has 0 radical (unpaired) electrons. The minimum absolute atomic E-state index is 0.0960. The predicted molar refractivity (Wildman–Crippen MR) is 62.8 cm³/mol. The molecule has 1 heterocycles. The summed E-state index contributed by atoms with van der Waals surface area (Å²) >= 11 is 11.2. The van der Waals surface area contributed by atoms with Crippen molar-refractivity contribution in [1.82, 2.24) is 0 Å². The van der Waals surface area contributed by atoms with Gasteiger partial charge in [-0.3, -0.25) is 9.59 Å². The predicted octanol–water partition coefficient (Wildman–Crippen LogP) is 2.46.